The van der Waals surface area contributed by atoms with Crippen molar-refractivity contribution in [1.82, 2.24) is 10.0 Å². The number of fused-ring (bicyclic) bond motifs is 1. The van der Waals surface area contributed by atoms with Crippen molar-refractivity contribution in [2.45, 2.75) is 37.1 Å². The molecule has 0 fully saturated rings. The zero-order valence-corrected chi connectivity index (χ0v) is 17.7. The van der Waals surface area contributed by atoms with Gasteiger partial charge in [0, 0.05) is 29.5 Å². The predicted molar refractivity (Wildman–Crippen MR) is 113 cm³/mol. The monoisotopic (exact) mass is 463 g/mol. The van der Waals surface area contributed by atoms with Crippen LogP contribution in [-0.2, 0) is 21.4 Å². The summed E-state index contributed by atoms with van der Waals surface area (Å²) in [6.45, 7) is 1.04. The highest BCUT2D eigenvalue weighted by atomic mass is 79.9. The summed E-state index contributed by atoms with van der Waals surface area (Å²) in [5, 5.41) is 2.92. The molecule has 1 aliphatic heterocycles. The number of unbranched alkanes of at least 4 members (excludes halogenated alkanes) is 2. The van der Waals surface area contributed by atoms with Crippen LogP contribution in [0.15, 0.2) is 62.9 Å². The summed E-state index contributed by atoms with van der Waals surface area (Å²) in [7, 11) is -3.48. The summed E-state index contributed by atoms with van der Waals surface area (Å²) in [6.07, 6.45) is 2.90. The molecule has 0 aromatic heterocycles. The van der Waals surface area contributed by atoms with Crippen molar-refractivity contribution in [3.05, 3.63) is 64.1 Å². The second-order valence-corrected chi connectivity index (χ2v) is 9.12. The number of benzene rings is 2. The lowest BCUT2D eigenvalue weighted by Gasteiger charge is -2.06. The molecule has 3 rings (SSSR count). The molecule has 0 saturated carbocycles. The Bertz CT molecular complexity index is 990. The van der Waals surface area contributed by atoms with Crippen LogP contribution in [0.2, 0.25) is 0 Å². The van der Waals surface area contributed by atoms with Gasteiger partial charge in [0.25, 0.3) is 10.0 Å². The van der Waals surface area contributed by atoms with Crippen molar-refractivity contribution in [3.8, 4) is 0 Å². The topological polar surface area (TPSA) is 87.6 Å². The molecular weight excluding hydrogens is 442 g/mol. The van der Waals surface area contributed by atoms with E-state index in [0.717, 1.165) is 29.3 Å². The number of hydrogen-bond donors (Lipinski definition) is 2. The Morgan fingerprint density at radius 3 is 2.71 bits per heavy atom. The van der Waals surface area contributed by atoms with Crippen molar-refractivity contribution < 1.29 is 13.2 Å². The van der Waals surface area contributed by atoms with E-state index in [0.29, 0.717) is 30.9 Å². The zero-order valence-electron chi connectivity index (χ0n) is 15.3. The molecule has 2 aromatic carbocycles. The van der Waals surface area contributed by atoms with E-state index in [-0.39, 0.29) is 10.8 Å². The highest BCUT2D eigenvalue weighted by Crippen LogP contribution is 2.22. The first-order valence-electron chi connectivity index (χ1n) is 9.13. The quantitative estimate of drug-likeness (QED) is 0.588. The van der Waals surface area contributed by atoms with Crippen LogP contribution in [0.5, 0.6) is 0 Å². The number of aliphatic imine (C=N–C) groups is 1. The van der Waals surface area contributed by atoms with Gasteiger partial charge in [0.1, 0.15) is 5.84 Å². The van der Waals surface area contributed by atoms with Gasteiger partial charge in [-0.3, -0.25) is 14.5 Å². The van der Waals surface area contributed by atoms with Crippen LogP contribution in [0.3, 0.4) is 0 Å². The van der Waals surface area contributed by atoms with Crippen LogP contribution in [0.25, 0.3) is 0 Å². The van der Waals surface area contributed by atoms with Gasteiger partial charge in [0.05, 0.1) is 4.90 Å². The standard InChI is InChI=1S/C20H22BrN3O3S/c21-16-8-6-7-15(13-16)14-23-19(25)11-2-1-5-12-22-20-17-9-3-4-10-18(17)28(26,27)24-20/h3-4,6-10,13H,1-2,5,11-12,14H2,(H,22,24)(H,23,25). The molecule has 0 bridgehead atoms. The first-order chi connectivity index (χ1) is 13.5. The predicted octanol–water partition coefficient (Wildman–Crippen LogP) is 3.36. The number of nitrogens with zero attached hydrogens (tertiary/aromatic N) is 1. The third-order valence-electron chi connectivity index (χ3n) is 4.37. The van der Waals surface area contributed by atoms with Crippen LogP contribution in [-0.4, -0.2) is 26.7 Å². The molecule has 0 spiro atoms. The maximum absolute atomic E-state index is 12.0. The minimum atomic E-state index is -3.48. The Morgan fingerprint density at radius 1 is 1.07 bits per heavy atom. The van der Waals surface area contributed by atoms with E-state index in [1.165, 1.54) is 0 Å². The number of rotatable bonds is 8. The molecular formula is C20H22BrN3O3S. The van der Waals surface area contributed by atoms with Gasteiger partial charge < -0.3 is 5.32 Å². The van der Waals surface area contributed by atoms with Gasteiger partial charge in [-0.2, -0.15) is 0 Å². The molecule has 0 aliphatic carbocycles. The molecule has 28 heavy (non-hydrogen) atoms. The van der Waals surface area contributed by atoms with Crippen molar-refractivity contribution >= 4 is 37.7 Å². The summed E-state index contributed by atoms with van der Waals surface area (Å²) < 4.78 is 27.5. The van der Waals surface area contributed by atoms with Gasteiger partial charge in [0.15, 0.2) is 0 Å². The summed E-state index contributed by atoms with van der Waals surface area (Å²) >= 11 is 3.41. The Morgan fingerprint density at radius 2 is 1.89 bits per heavy atom. The summed E-state index contributed by atoms with van der Waals surface area (Å²) in [6, 6.07) is 14.7. The van der Waals surface area contributed by atoms with Crippen molar-refractivity contribution in [1.29, 1.82) is 0 Å². The molecule has 0 radical (unpaired) electrons. The number of carbonyl (C=O) groups excluding carboxylic acids is 1. The van der Waals surface area contributed by atoms with Crippen molar-refractivity contribution in [3.63, 3.8) is 0 Å². The molecule has 8 heteroatoms. The molecule has 0 atom stereocenters. The molecule has 0 saturated heterocycles. The Balaban J connectivity index is 1.36. The second-order valence-electron chi connectivity index (χ2n) is 6.55. The smallest absolute Gasteiger partial charge is 0.263 e. The van der Waals surface area contributed by atoms with Crippen LogP contribution >= 0.6 is 15.9 Å². The van der Waals surface area contributed by atoms with Crippen LogP contribution in [0.1, 0.15) is 36.8 Å². The van der Waals surface area contributed by atoms with E-state index in [9.17, 15) is 13.2 Å². The SMILES string of the molecule is O=C(CCCCCN=C1NS(=O)(=O)c2ccccc21)NCc1cccc(Br)c1. The number of sulfonamides is 1. The highest BCUT2D eigenvalue weighted by molar-refractivity contribution is 9.10. The average molecular weight is 464 g/mol. The van der Waals surface area contributed by atoms with Crippen LogP contribution in [0.4, 0.5) is 0 Å². The molecule has 2 N–H and O–H groups in total. The van der Waals surface area contributed by atoms with E-state index < -0.39 is 10.0 Å². The van der Waals surface area contributed by atoms with Crippen molar-refractivity contribution in [2.75, 3.05) is 6.54 Å². The van der Waals surface area contributed by atoms with Crippen LogP contribution in [0, 0.1) is 0 Å². The summed E-state index contributed by atoms with van der Waals surface area (Å²) in [4.78, 5) is 16.6. The van der Waals surface area contributed by atoms with E-state index in [2.05, 4.69) is 31.0 Å². The molecule has 148 valence electrons. The third kappa shape index (κ3) is 5.42. The molecule has 1 amide bonds. The second kappa shape index (κ2) is 9.34. The molecule has 1 heterocycles. The van der Waals surface area contributed by atoms with E-state index in [4.69, 9.17) is 0 Å². The Labute approximate surface area is 173 Å². The first kappa shape index (κ1) is 20.5. The lowest BCUT2D eigenvalue weighted by molar-refractivity contribution is -0.121. The van der Waals surface area contributed by atoms with Gasteiger partial charge in [-0.25, -0.2) is 8.42 Å². The lowest BCUT2D eigenvalue weighted by atomic mass is 10.1. The van der Waals surface area contributed by atoms with E-state index in [1.807, 2.05) is 24.3 Å². The molecule has 2 aromatic rings. The number of nitrogens with one attached hydrogen (secondary N) is 2. The summed E-state index contributed by atoms with van der Waals surface area (Å²) in [5.41, 5.74) is 1.67. The fourth-order valence-corrected chi connectivity index (χ4v) is 4.65. The largest absolute Gasteiger partial charge is 0.352 e. The molecule has 6 nitrogen and oxygen atoms in total. The van der Waals surface area contributed by atoms with Gasteiger partial charge >= 0.3 is 0 Å². The van der Waals surface area contributed by atoms with Gasteiger partial charge in [-0.05, 0) is 42.7 Å². The van der Waals surface area contributed by atoms with Gasteiger partial charge in [0.2, 0.25) is 5.91 Å². The number of amides is 1. The third-order valence-corrected chi connectivity index (χ3v) is 6.26. The fourth-order valence-electron chi connectivity index (χ4n) is 2.95. The van der Waals surface area contributed by atoms with E-state index in [1.54, 1.807) is 24.3 Å². The van der Waals surface area contributed by atoms with Gasteiger partial charge in [-0.1, -0.05) is 46.6 Å². The average Bonchev–Trinajstić information content (AvgIpc) is 2.94. The molecule has 0 unspecified atom stereocenters. The fraction of sp³-hybridized carbons (Fsp3) is 0.300. The van der Waals surface area contributed by atoms with Gasteiger partial charge in [-0.15, -0.1) is 0 Å². The lowest BCUT2D eigenvalue weighted by Crippen LogP contribution is -2.22. The Hall–Kier alpha value is -2.19. The maximum Gasteiger partial charge on any atom is 0.263 e. The maximum atomic E-state index is 12.0. The minimum Gasteiger partial charge on any atom is -0.352 e. The molecule has 1 aliphatic rings. The first-order valence-corrected chi connectivity index (χ1v) is 11.4. The summed E-state index contributed by atoms with van der Waals surface area (Å²) in [5.74, 6) is 0.436. The number of halogens is 1. The Kier molecular flexibility index (Phi) is 6.85. The van der Waals surface area contributed by atoms with Crippen molar-refractivity contribution in [2.24, 2.45) is 4.99 Å². The number of carbonyl (C=O) groups is 1. The van der Waals surface area contributed by atoms with E-state index >= 15 is 0 Å². The normalized spacial score (nSPS) is 15.8. The zero-order chi connectivity index (χ0) is 20.0. The highest BCUT2D eigenvalue weighted by Gasteiger charge is 2.29. The number of hydrogen-bond acceptors (Lipinski definition) is 4. The number of amidine groups is 1. The van der Waals surface area contributed by atoms with Crippen LogP contribution < -0.4 is 10.0 Å². The minimum absolute atomic E-state index is 0.0313.